The van der Waals surface area contributed by atoms with E-state index in [0.29, 0.717) is 10.2 Å². The summed E-state index contributed by atoms with van der Waals surface area (Å²) in [6.07, 6.45) is -4.56. The van der Waals surface area contributed by atoms with Crippen LogP contribution < -0.4 is 5.56 Å². The highest BCUT2D eigenvalue weighted by molar-refractivity contribution is 9.10. The first-order chi connectivity index (χ1) is 10.1. The van der Waals surface area contributed by atoms with Gasteiger partial charge in [0.2, 0.25) is 0 Å². The number of hydrogen-bond donors (Lipinski definition) is 1. The number of aromatic nitrogens is 1. The van der Waals surface area contributed by atoms with Crippen molar-refractivity contribution in [1.82, 2.24) is 4.57 Å². The molecular formula is C14H9BrF3NO3. The van der Waals surface area contributed by atoms with Gasteiger partial charge < -0.3 is 5.11 Å². The van der Waals surface area contributed by atoms with Gasteiger partial charge in [-0.3, -0.25) is 9.36 Å². The van der Waals surface area contributed by atoms with Crippen LogP contribution in [0, 0.1) is 6.92 Å². The van der Waals surface area contributed by atoms with Crippen LogP contribution in [-0.4, -0.2) is 15.6 Å². The molecule has 22 heavy (non-hydrogen) atoms. The number of carbonyl (C=O) groups is 1. The molecule has 116 valence electrons. The summed E-state index contributed by atoms with van der Waals surface area (Å²) in [6.45, 7) is 1.50. The molecule has 0 unspecified atom stereocenters. The highest BCUT2D eigenvalue weighted by atomic mass is 79.9. The van der Waals surface area contributed by atoms with E-state index in [1.165, 1.54) is 13.0 Å². The molecule has 4 nitrogen and oxygen atoms in total. The van der Waals surface area contributed by atoms with Crippen LogP contribution >= 0.6 is 15.9 Å². The largest absolute Gasteiger partial charge is 0.477 e. The topological polar surface area (TPSA) is 59.3 Å². The summed E-state index contributed by atoms with van der Waals surface area (Å²) < 4.78 is 39.6. The number of pyridine rings is 1. The maximum Gasteiger partial charge on any atom is 0.416 e. The summed E-state index contributed by atoms with van der Waals surface area (Å²) in [6, 6.07) is 5.27. The van der Waals surface area contributed by atoms with Crippen molar-refractivity contribution in [3.63, 3.8) is 0 Å². The fourth-order valence-electron chi connectivity index (χ4n) is 1.96. The maximum absolute atomic E-state index is 12.8. The molecule has 0 aliphatic carbocycles. The van der Waals surface area contributed by atoms with Crippen molar-refractivity contribution in [3.05, 3.63) is 62.0 Å². The van der Waals surface area contributed by atoms with Crippen LogP contribution in [0.25, 0.3) is 5.69 Å². The normalized spacial score (nSPS) is 11.5. The van der Waals surface area contributed by atoms with Gasteiger partial charge in [0.15, 0.2) is 0 Å². The van der Waals surface area contributed by atoms with E-state index in [-0.39, 0.29) is 5.69 Å². The summed E-state index contributed by atoms with van der Waals surface area (Å²) in [7, 11) is 0. The van der Waals surface area contributed by atoms with Gasteiger partial charge in [-0.05, 0) is 47.1 Å². The number of aromatic carboxylic acids is 1. The Morgan fingerprint density at radius 3 is 2.45 bits per heavy atom. The minimum atomic E-state index is -4.56. The zero-order valence-corrected chi connectivity index (χ0v) is 12.7. The number of carboxylic acids is 1. The van der Waals surface area contributed by atoms with E-state index in [1.807, 2.05) is 0 Å². The molecular weight excluding hydrogens is 367 g/mol. The molecule has 0 saturated carbocycles. The molecule has 0 atom stereocenters. The van der Waals surface area contributed by atoms with Crippen LogP contribution in [-0.2, 0) is 6.18 Å². The molecule has 2 aromatic rings. The van der Waals surface area contributed by atoms with Crippen LogP contribution in [0.1, 0.15) is 21.6 Å². The summed E-state index contributed by atoms with van der Waals surface area (Å²) in [5.74, 6) is -1.45. The van der Waals surface area contributed by atoms with Crippen molar-refractivity contribution in [2.45, 2.75) is 13.1 Å². The van der Waals surface area contributed by atoms with Gasteiger partial charge in [-0.15, -0.1) is 0 Å². The van der Waals surface area contributed by atoms with E-state index in [9.17, 15) is 22.8 Å². The second kappa shape index (κ2) is 5.60. The molecule has 8 heteroatoms. The lowest BCUT2D eigenvalue weighted by Crippen LogP contribution is -2.27. The average molecular weight is 376 g/mol. The molecule has 0 aliphatic heterocycles. The molecule has 0 spiro atoms. The number of benzene rings is 1. The van der Waals surface area contributed by atoms with Gasteiger partial charge in [0, 0.05) is 15.9 Å². The number of halogens is 4. The van der Waals surface area contributed by atoms with Gasteiger partial charge in [0.25, 0.3) is 5.56 Å². The van der Waals surface area contributed by atoms with Crippen LogP contribution in [0.15, 0.2) is 39.6 Å². The van der Waals surface area contributed by atoms with Crippen molar-refractivity contribution in [2.24, 2.45) is 0 Å². The monoisotopic (exact) mass is 375 g/mol. The molecule has 1 aromatic carbocycles. The van der Waals surface area contributed by atoms with Gasteiger partial charge in [-0.1, -0.05) is 6.07 Å². The Balaban J connectivity index is 2.78. The van der Waals surface area contributed by atoms with Gasteiger partial charge in [0.1, 0.15) is 5.56 Å². The van der Waals surface area contributed by atoms with Crippen molar-refractivity contribution in [2.75, 3.05) is 0 Å². The SMILES string of the molecule is Cc1c(Br)cc(C(=O)O)c(=O)n1-c1cccc(C(F)(F)F)c1. The molecule has 1 aromatic heterocycles. The molecule has 2 rings (SSSR count). The second-order valence-electron chi connectivity index (χ2n) is 4.49. The van der Waals surface area contributed by atoms with Crippen LogP contribution in [0.2, 0.25) is 0 Å². The van der Waals surface area contributed by atoms with Crippen molar-refractivity contribution in [1.29, 1.82) is 0 Å². The molecule has 0 fully saturated rings. The number of alkyl halides is 3. The minimum absolute atomic E-state index is 0.0545. The third kappa shape index (κ3) is 2.92. The second-order valence-corrected chi connectivity index (χ2v) is 5.34. The molecule has 0 aliphatic rings. The predicted molar refractivity (Wildman–Crippen MR) is 76.4 cm³/mol. The standard InChI is InChI=1S/C14H9BrF3NO3/c1-7-11(15)6-10(13(21)22)12(20)19(7)9-4-2-3-8(5-9)14(16,17)18/h2-6H,1H3,(H,21,22). The minimum Gasteiger partial charge on any atom is -0.477 e. The first-order valence-corrected chi connectivity index (χ1v) is 6.75. The maximum atomic E-state index is 12.8. The van der Waals surface area contributed by atoms with E-state index >= 15 is 0 Å². The van der Waals surface area contributed by atoms with Crippen molar-refractivity contribution >= 4 is 21.9 Å². The zero-order valence-electron chi connectivity index (χ0n) is 11.1. The van der Waals surface area contributed by atoms with E-state index in [2.05, 4.69) is 15.9 Å². The van der Waals surface area contributed by atoms with E-state index < -0.39 is 28.8 Å². The van der Waals surface area contributed by atoms with E-state index in [4.69, 9.17) is 5.11 Å². The van der Waals surface area contributed by atoms with Crippen molar-refractivity contribution < 1.29 is 23.1 Å². The van der Waals surface area contributed by atoms with Gasteiger partial charge in [-0.25, -0.2) is 4.79 Å². The van der Waals surface area contributed by atoms with E-state index in [1.54, 1.807) is 0 Å². The molecule has 1 heterocycles. The fraction of sp³-hybridized carbons (Fsp3) is 0.143. The quantitative estimate of drug-likeness (QED) is 0.871. The molecule has 0 bridgehead atoms. The van der Waals surface area contributed by atoms with E-state index in [0.717, 1.165) is 28.8 Å². The first-order valence-electron chi connectivity index (χ1n) is 5.96. The average Bonchev–Trinajstić information content (AvgIpc) is 2.42. The summed E-state index contributed by atoms with van der Waals surface area (Å²) in [5.41, 5.74) is -2.11. The molecule has 1 N–H and O–H groups in total. The molecule has 0 saturated heterocycles. The Labute approximate surface area is 130 Å². The Morgan fingerprint density at radius 1 is 1.27 bits per heavy atom. The Bertz CT molecular complexity index is 812. The fourth-order valence-corrected chi connectivity index (χ4v) is 2.36. The number of hydrogen-bond acceptors (Lipinski definition) is 2. The summed E-state index contributed by atoms with van der Waals surface area (Å²) in [4.78, 5) is 23.3. The Kier molecular flexibility index (Phi) is 4.15. The van der Waals surface area contributed by atoms with Gasteiger partial charge in [-0.2, -0.15) is 13.2 Å². The summed E-state index contributed by atoms with van der Waals surface area (Å²) >= 11 is 3.11. The lowest BCUT2D eigenvalue weighted by atomic mass is 10.1. The Hall–Kier alpha value is -2.09. The highest BCUT2D eigenvalue weighted by Crippen LogP contribution is 2.30. The van der Waals surface area contributed by atoms with Crippen LogP contribution in [0.4, 0.5) is 13.2 Å². The first kappa shape index (κ1) is 16.3. The predicted octanol–water partition coefficient (Wildman–Crippen LogP) is 3.63. The van der Waals surface area contributed by atoms with Gasteiger partial charge >= 0.3 is 12.1 Å². The smallest absolute Gasteiger partial charge is 0.416 e. The third-order valence-corrected chi connectivity index (χ3v) is 3.85. The Morgan fingerprint density at radius 2 is 1.91 bits per heavy atom. The third-order valence-electron chi connectivity index (χ3n) is 3.05. The van der Waals surface area contributed by atoms with Gasteiger partial charge in [0.05, 0.1) is 5.56 Å². The highest BCUT2D eigenvalue weighted by Gasteiger charge is 2.30. The number of nitrogens with zero attached hydrogens (tertiary/aromatic N) is 1. The molecule has 0 radical (unpaired) electrons. The van der Waals surface area contributed by atoms with Crippen LogP contribution in [0.3, 0.4) is 0 Å². The number of carboxylic acid groups (broad SMARTS) is 1. The number of rotatable bonds is 2. The lowest BCUT2D eigenvalue weighted by molar-refractivity contribution is -0.137. The van der Waals surface area contributed by atoms with Crippen LogP contribution in [0.5, 0.6) is 0 Å². The summed E-state index contributed by atoms with van der Waals surface area (Å²) in [5, 5.41) is 9.02. The zero-order chi connectivity index (χ0) is 16.7. The molecule has 0 amide bonds. The lowest BCUT2D eigenvalue weighted by Gasteiger charge is -2.14. The van der Waals surface area contributed by atoms with Crippen molar-refractivity contribution in [3.8, 4) is 5.69 Å².